The number of amides is 1. The van der Waals surface area contributed by atoms with Gasteiger partial charge in [0.25, 0.3) is 5.91 Å². The molecule has 1 aromatic rings. The van der Waals surface area contributed by atoms with Crippen LogP contribution in [0.25, 0.3) is 0 Å². The highest BCUT2D eigenvalue weighted by Gasteiger charge is 2.19. The summed E-state index contributed by atoms with van der Waals surface area (Å²) in [6, 6.07) is 7.48. The maximum absolute atomic E-state index is 11.9. The van der Waals surface area contributed by atoms with Crippen molar-refractivity contribution in [3.05, 3.63) is 35.9 Å². The number of benzene rings is 1. The molecule has 1 atom stereocenters. The lowest BCUT2D eigenvalue weighted by atomic mass is 10.1. The minimum atomic E-state index is -1.08. The molecule has 0 spiro atoms. The number of hydrogen-bond acceptors (Lipinski definition) is 4. The summed E-state index contributed by atoms with van der Waals surface area (Å²) in [5.74, 6) is -1.54. The Morgan fingerprint density at radius 2 is 1.83 bits per heavy atom. The second kappa shape index (κ2) is 12.0. The van der Waals surface area contributed by atoms with Crippen LogP contribution >= 0.6 is 0 Å². The third-order valence-electron chi connectivity index (χ3n) is 2.58. The Bertz CT molecular complexity index is 501. The zero-order chi connectivity index (χ0) is 17.7. The van der Waals surface area contributed by atoms with Crippen LogP contribution in [0.4, 0.5) is 0 Å². The van der Waals surface area contributed by atoms with E-state index in [9.17, 15) is 9.59 Å². The van der Waals surface area contributed by atoms with Gasteiger partial charge in [-0.15, -0.1) is 0 Å². The number of aliphatic carboxylic acids is 1. The molecule has 0 aromatic heterocycles. The molecule has 1 aromatic carbocycles. The third kappa shape index (κ3) is 9.86. The normalized spacial score (nSPS) is 10.7. The smallest absolute Gasteiger partial charge is 0.326 e. The zero-order valence-electron chi connectivity index (χ0n) is 13.1. The molecule has 0 aliphatic carbocycles. The van der Waals surface area contributed by atoms with Crippen molar-refractivity contribution in [3.8, 4) is 0 Å². The number of aliphatic imine (C=N–C) groups is 1. The van der Waals surface area contributed by atoms with E-state index in [-0.39, 0.29) is 19.0 Å². The summed E-state index contributed by atoms with van der Waals surface area (Å²) >= 11 is 0. The van der Waals surface area contributed by atoms with Gasteiger partial charge in [-0.1, -0.05) is 18.2 Å². The standard InChI is InChI=1S/C13H18N4O3.C2H6O/c14-13(15)16-8-4-7-10(12(19)20)17-11(18)9-5-2-1-3-6-9;1-2-3/h1-3,5-6,10H,4,7-8H2,(H,17,18)(H,19,20)(H4,14,15,16);3H,2H2,1H3/t10-;/m0./s1. The molecule has 0 unspecified atom stereocenters. The van der Waals surface area contributed by atoms with E-state index in [4.69, 9.17) is 21.7 Å². The van der Waals surface area contributed by atoms with Crippen molar-refractivity contribution in [2.45, 2.75) is 25.8 Å². The maximum atomic E-state index is 11.9. The predicted molar refractivity (Wildman–Crippen MR) is 88.0 cm³/mol. The van der Waals surface area contributed by atoms with Gasteiger partial charge in [0.2, 0.25) is 0 Å². The molecular formula is C15H24N4O4. The first-order chi connectivity index (χ1) is 10.9. The third-order valence-corrected chi connectivity index (χ3v) is 2.58. The van der Waals surface area contributed by atoms with Crippen molar-refractivity contribution < 1.29 is 19.8 Å². The number of rotatable bonds is 7. The number of carbonyl (C=O) groups excluding carboxylic acids is 1. The van der Waals surface area contributed by atoms with Crippen LogP contribution in [0.2, 0.25) is 0 Å². The zero-order valence-corrected chi connectivity index (χ0v) is 13.1. The van der Waals surface area contributed by atoms with Crippen molar-refractivity contribution >= 4 is 17.8 Å². The molecule has 1 rings (SSSR count). The minimum Gasteiger partial charge on any atom is -0.480 e. The van der Waals surface area contributed by atoms with Crippen LogP contribution in [0.15, 0.2) is 35.3 Å². The molecule has 0 heterocycles. The lowest BCUT2D eigenvalue weighted by molar-refractivity contribution is -0.139. The second-order valence-electron chi connectivity index (χ2n) is 4.50. The number of nitrogens with one attached hydrogen (secondary N) is 1. The molecule has 0 saturated heterocycles. The number of nitrogens with zero attached hydrogens (tertiary/aromatic N) is 1. The lowest BCUT2D eigenvalue weighted by Gasteiger charge is -2.14. The van der Waals surface area contributed by atoms with Gasteiger partial charge in [0.1, 0.15) is 6.04 Å². The van der Waals surface area contributed by atoms with Crippen LogP contribution in [-0.2, 0) is 4.79 Å². The van der Waals surface area contributed by atoms with Gasteiger partial charge in [0, 0.05) is 18.7 Å². The summed E-state index contributed by atoms with van der Waals surface area (Å²) in [5, 5.41) is 19.1. The average molecular weight is 324 g/mol. The quantitative estimate of drug-likeness (QED) is 0.269. The lowest BCUT2D eigenvalue weighted by Crippen LogP contribution is -2.40. The van der Waals surface area contributed by atoms with Gasteiger partial charge < -0.3 is 27.0 Å². The summed E-state index contributed by atoms with van der Waals surface area (Å²) in [7, 11) is 0. The van der Waals surface area contributed by atoms with Crippen LogP contribution < -0.4 is 16.8 Å². The van der Waals surface area contributed by atoms with Gasteiger partial charge in [-0.05, 0) is 31.9 Å². The van der Waals surface area contributed by atoms with E-state index in [0.717, 1.165) is 0 Å². The molecule has 128 valence electrons. The predicted octanol–water partition coefficient (Wildman–Crippen LogP) is -0.0782. The van der Waals surface area contributed by atoms with Crippen molar-refractivity contribution in [3.63, 3.8) is 0 Å². The van der Waals surface area contributed by atoms with Crippen molar-refractivity contribution in [1.29, 1.82) is 0 Å². The van der Waals surface area contributed by atoms with E-state index < -0.39 is 17.9 Å². The van der Waals surface area contributed by atoms with Gasteiger partial charge in [0.15, 0.2) is 5.96 Å². The summed E-state index contributed by atoms with van der Waals surface area (Å²) in [4.78, 5) is 26.7. The Balaban J connectivity index is 0.00000149. The van der Waals surface area contributed by atoms with Gasteiger partial charge >= 0.3 is 5.97 Å². The van der Waals surface area contributed by atoms with Crippen LogP contribution in [0, 0.1) is 0 Å². The van der Waals surface area contributed by atoms with Crippen LogP contribution in [0.5, 0.6) is 0 Å². The second-order valence-corrected chi connectivity index (χ2v) is 4.50. The van der Waals surface area contributed by atoms with Gasteiger partial charge in [0.05, 0.1) is 0 Å². The van der Waals surface area contributed by atoms with Gasteiger partial charge in [-0.2, -0.15) is 0 Å². The van der Waals surface area contributed by atoms with Crippen LogP contribution in [0.3, 0.4) is 0 Å². The van der Waals surface area contributed by atoms with Crippen molar-refractivity contribution in [1.82, 2.24) is 5.32 Å². The number of aliphatic hydroxyl groups is 1. The number of nitrogens with two attached hydrogens (primary N) is 2. The largest absolute Gasteiger partial charge is 0.480 e. The van der Waals surface area contributed by atoms with Gasteiger partial charge in [-0.25, -0.2) is 4.79 Å². The highest BCUT2D eigenvalue weighted by molar-refractivity contribution is 5.96. The molecule has 8 nitrogen and oxygen atoms in total. The Morgan fingerprint density at radius 3 is 2.30 bits per heavy atom. The molecule has 1 amide bonds. The molecule has 0 aliphatic rings. The number of guanidine groups is 1. The van der Waals surface area contributed by atoms with Crippen molar-refractivity contribution in [2.75, 3.05) is 13.2 Å². The molecule has 0 bridgehead atoms. The number of carboxylic acids is 1. The molecule has 7 N–H and O–H groups in total. The summed E-state index contributed by atoms with van der Waals surface area (Å²) < 4.78 is 0. The Kier molecular flexibility index (Phi) is 10.6. The van der Waals surface area contributed by atoms with Gasteiger partial charge in [-0.3, -0.25) is 9.79 Å². The summed E-state index contributed by atoms with van der Waals surface area (Å²) in [6.45, 7) is 2.26. The molecule has 0 radical (unpaired) electrons. The first-order valence-corrected chi connectivity index (χ1v) is 7.17. The Labute approximate surface area is 135 Å². The number of carbonyl (C=O) groups is 2. The monoisotopic (exact) mass is 324 g/mol. The SMILES string of the molecule is CCO.NC(N)=NCCC[C@H](NC(=O)c1ccccc1)C(=O)O. The molecule has 23 heavy (non-hydrogen) atoms. The van der Waals surface area contributed by atoms with E-state index in [1.807, 2.05) is 0 Å². The first-order valence-electron chi connectivity index (χ1n) is 7.17. The molecule has 0 fully saturated rings. The van der Waals surface area contributed by atoms with Crippen LogP contribution in [0.1, 0.15) is 30.1 Å². The number of carboxylic acid groups (broad SMARTS) is 1. The number of hydrogen-bond donors (Lipinski definition) is 5. The molecular weight excluding hydrogens is 300 g/mol. The van der Waals surface area contributed by atoms with E-state index in [0.29, 0.717) is 18.5 Å². The van der Waals surface area contributed by atoms with E-state index >= 15 is 0 Å². The minimum absolute atomic E-state index is 0.0369. The fourth-order valence-corrected chi connectivity index (χ4v) is 1.59. The van der Waals surface area contributed by atoms with E-state index in [2.05, 4.69) is 10.3 Å². The fourth-order valence-electron chi connectivity index (χ4n) is 1.59. The highest BCUT2D eigenvalue weighted by Crippen LogP contribution is 2.03. The Hall–Kier alpha value is -2.61. The fraction of sp³-hybridized carbons (Fsp3) is 0.400. The maximum Gasteiger partial charge on any atom is 0.326 e. The average Bonchev–Trinajstić information content (AvgIpc) is 2.51. The van der Waals surface area contributed by atoms with E-state index in [1.165, 1.54) is 0 Å². The molecule has 0 aliphatic heterocycles. The first kappa shape index (κ1) is 20.4. The summed E-state index contributed by atoms with van der Waals surface area (Å²) in [5.41, 5.74) is 10.8. The van der Waals surface area contributed by atoms with E-state index in [1.54, 1.807) is 37.3 Å². The summed E-state index contributed by atoms with van der Waals surface area (Å²) in [6.07, 6.45) is 0.717. The highest BCUT2D eigenvalue weighted by atomic mass is 16.4. The van der Waals surface area contributed by atoms with Crippen LogP contribution in [-0.4, -0.2) is 47.2 Å². The van der Waals surface area contributed by atoms with Crippen molar-refractivity contribution in [2.24, 2.45) is 16.5 Å². The Morgan fingerprint density at radius 1 is 1.26 bits per heavy atom. The molecule has 8 heteroatoms. The topological polar surface area (TPSA) is 151 Å². The number of aliphatic hydroxyl groups excluding tert-OH is 1. The molecule has 0 saturated carbocycles.